The van der Waals surface area contributed by atoms with Crippen LogP contribution in [-0.4, -0.2) is 24.4 Å². The third-order valence-corrected chi connectivity index (χ3v) is 2.85. The first-order valence-electron chi connectivity index (χ1n) is 5.83. The number of hydrogen-bond acceptors (Lipinski definition) is 2. The summed E-state index contributed by atoms with van der Waals surface area (Å²) in [6.45, 7) is 3.25. The Bertz CT molecular complexity index is 344. The maximum absolute atomic E-state index is 13.1. The van der Waals surface area contributed by atoms with Crippen molar-refractivity contribution in [2.75, 3.05) is 13.2 Å². The van der Waals surface area contributed by atoms with Crippen molar-refractivity contribution < 1.29 is 14.2 Å². The second-order valence-electron chi connectivity index (χ2n) is 3.97. The van der Waals surface area contributed by atoms with Crippen molar-refractivity contribution in [3.05, 3.63) is 34.6 Å². The molecule has 1 atom stereocenters. The van der Waals surface area contributed by atoms with Gasteiger partial charge in [0.05, 0.1) is 11.1 Å². The van der Waals surface area contributed by atoms with Crippen LogP contribution in [0.4, 0.5) is 4.39 Å². The van der Waals surface area contributed by atoms with Gasteiger partial charge in [0.15, 0.2) is 0 Å². The fraction of sp³-hybridized carbons (Fsp3) is 0.538. The summed E-state index contributed by atoms with van der Waals surface area (Å²) in [5.41, 5.74) is 0.634. The molecule has 0 spiro atoms. The van der Waals surface area contributed by atoms with E-state index in [9.17, 15) is 9.50 Å². The second-order valence-corrected chi connectivity index (χ2v) is 4.35. The maximum atomic E-state index is 13.1. The van der Waals surface area contributed by atoms with Gasteiger partial charge in [-0.2, -0.15) is 0 Å². The molecule has 2 nitrogen and oxygen atoms in total. The van der Waals surface area contributed by atoms with Gasteiger partial charge in [0.25, 0.3) is 0 Å². The third kappa shape index (κ3) is 5.02. The average molecular weight is 261 g/mol. The lowest BCUT2D eigenvalue weighted by molar-refractivity contribution is 0.0824. The smallest absolute Gasteiger partial charge is 0.142 e. The molecule has 0 saturated carbocycles. The van der Waals surface area contributed by atoms with Crippen molar-refractivity contribution in [2.45, 2.75) is 32.3 Å². The molecule has 1 aromatic carbocycles. The van der Waals surface area contributed by atoms with E-state index >= 15 is 0 Å². The molecule has 0 aliphatic rings. The van der Waals surface area contributed by atoms with E-state index in [1.165, 1.54) is 6.07 Å². The molecule has 1 N–H and O–H groups in total. The van der Waals surface area contributed by atoms with E-state index in [1.54, 1.807) is 12.1 Å². The Labute approximate surface area is 106 Å². The molecule has 0 fully saturated rings. The van der Waals surface area contributed by atoms with Crippen LogP contribution in [0.15, 0.2) is 18.2 Å². The molecule has 1 aromatic rings. The first kappa shape index (κ1) is 14.4. The molecule has 0 bridgehead atoms. The van der Waals surface area contributed by atoms with Crippen molar-refractivity contribution >= 4 is 11.6 Å². The molecule has 17 heavy (non-hydrogen) atoms. The van der Waals surface area contributed by atoms with Crippen LogP contribution in [0.3, 0.4) is 0 Å². The van der Waals surface area contributed by atoms with Gasteiger partial charge in [0.2, 0.25) is 0 Å². The van der Waals surface area contributed by atoms with Crippen LogP contribution in [0.25, 0.3) is 0 Å². The molecular weight excluding hydrogens is 243 g/mol. The van der Waals surface area contributed by atoms with Gasteiger partial charge in [-0.1, -0.05) is 30.7 Å². The van der Waals surface area contributed by atoms with Gasteiger partial charge in [-0.3, -0.25) is 0 Å². The van der Waals surface area contributed by atoms with Crippen LogP contribution in [0.5, 0.6) is 0 Å². The topological polar surface area (TPSA) is 29.5 Å². The quantitative estimate of drug-likeness (QED) is 0.763. The number of hydrogen-bond donors (Lipinski definition) is 1. The monoisotopic (exact) mass is 260 g/mol. The summed E-state index contributed by atoms with van der Waals surface area (Å²) in [5, 5.41) is 9.85. The van der Waals surface area contributed by atoms with Gasteiger partial charge < -0.3 is 9.84 Å². The molecule has 96 valence electrons. The van der Waals surface area contributed by atoms with E-state index in [1.807, 2.05) is 6.92 Å². The summed E-state index contributed by atoms with van der Waals surface area (Å²) < 4.78 is 18.4. The number of halogens is 2. The molecule has 0 saturated heterocycles. The van der Waals surface area contributed by atoms with Crippen molar-refractivity contribution in [3.8, 4) is 0 Å². The van der Waals surface area contributed by atoms with Crippen molar-refractivity contribution in [1.82, 2.24) is 0 Å². The summed E-state index contributed by atoms with van der Waals surface area (Å²) in [6.07, 6.45) is 1.30. The minimum Gasteiger partial charge on any atom is -0.393 e. The number of aliphatic hydroxyl groups excluding tert-OH is 1. The molecule has 4 heteroatoms. The SMILES string of the molecule is CCCOCCC(O)Cc1cccc(F)c1Cl. The molecule has 0 heterocycles. The Morgan fingerprint density at radius 3 is 2.88 bits per heavy atom. The van der Waals surface area contributed by atoms with Gasteiger partial charge in [0.1, 0.15) is 5.82 Å². The lowest BCUT2D eigenvalue weighted by Gasteiger charge is -2.12. The zero-order chi connectivity index (χ0) is 12.7. The van der Waals surface area contributed by atoms with E-state index < -0.39 is 11.9 Å². The molecule has 1 rings (SSSR count). The number of aliphatic hydroxyl groups is 1. The third-order valence-electron chi connectivity index (χ3n) is 2.43. The van der Waals surface area contributed by atoms with Crippen LogP contribution in [0.1, 0.15) is 25.3 Å². The number of benzene rings is 1. The Kier molecular flexibility index (Phi) is 6.48. The van der Waals surface area contributed by atoms with E-state index in [2.05, 4.69) is 0 Å². The van der Waals surface area contributed by atoms with Gasteiger partial charge in [-0.15, -0.1) is 0 Å². The molecule has 0 radical (unpaired) electrons. The zero-order valence-corrected chi connectivity index (χ0v) is 10.7. The average Bonchev–Trinajstić information content (AvgIpc) is 2.31. The van der Waals surface area contributed by atoms with Crippen LogP contribution >= 0.6 is 11.6 Å². The zero-order valence-electron chi connectivity index (χ0n) is 9.96. The summed E-state index contributed by atoms with van der Waals surface area (Å²) in [4.78, 5) is 0. The van der Waals surface area contributed by atoms with E-state index in [4.69, 9.17) is 16.3 Å². The Balaban J connectivity index is 2.39. The van der Waals surface area contributed by atoms with Crippen molar-refractivity contribution in [1.29, 1.82) is 0 Å². The van der Waals surface area contributed by atoms with Crippen LogP contribution in [0, 0.1) is 5.82 Å². The first-order valence-corrected chi connectivity index (χ1v) is 6.21. The van der Waals surface area contributed by atoms with Gasteiger partial charge in [-0.25, -0.2) is 4.39 Å². The predicted molar refractivity (Wildman–Crippen MR) is 66.8 cm³/mol. The number of ether oxygens (including phenoxy) is 1. The normalized spacial score (nSPS) is 12.7. The van der Waals surface area contributed by atoms with E-state index in [0.717, 1.165) is 6.42 Å². The summed E-state index contributed by atoms with van der Waals surface area (Å²) in [5.74, 6) is -0.446. The highest BCUT2D eigenvalue weighted by Crippen LogP contribution is 2.21. The highest BCUT2D eigenvalue weighted by molar-refractivity contribution is 6.31. The predicted octanol–water partition coefficient (Wildman–Crippen LogP) is 3.20. The molecule has 0 aliphatic carbocycles. The van der Waals surface area contributed by atoms with Crippen LogP contribution < -0.4 is 0 Å². The summed E-state index contributed by atoms with van der Waals surface area (Å²) in [7, 11) is 0. The standard InChI is InChI=1S/C13H18ClFO2/c1-2-7-17-8-6-11(16)9-10-4-3-5-12(15)13(10)14/h3-5,11,16H,2,6-9H2,1H3. The van der Waals surface area contributed by atoms with Gasteiger partial charge in [-0.05, 0) is 24.5 Å². The Morgan fingerprint density at radius 2 is 2.18 bits per heavy atom. The van der Waals surface area contributed by atoms with Crippen LogP contribution in [0.2, 0.25) is 5.02 Å². The van der Waals surface area contributed by atoms with Crippen molar-refractivity contribution in [2.24, 2.45) is 0 Å². The Hall–Kier alpha value is -0.640. The Morgan fingerprint density at radius 1 is 1.41 bits per heavy atom. The highest BCUT2D eigenvalue weighted by Gasteiger charge is 2.10. The number of rotatable bonds is 7. The lowest BCUT2D eigenvalue weighted by atomic mass is 10.1. The minimum atomic E-state index is -0.550. The molecule has 0 aromatic heterocycles. The van der Waals surface area contributed by atoms with Crippen molar-refractivity contribution in [3.63, 3.8) is 0 Å². The maximum Gasteiger partial charge on any atom is 0.142 e. The molecular formula is C13H18ClFO2. The molecule has 0 aliphatic heterocycles. The largest absolute Gasteiger partial charge is 0.393 e. The lowest BCUT2D eigenvalue weighted by Crippen LogP contribution is -2.14. The van der Waals surface area contributed by atoms with E-state index in [-0.39, 0.29) is 5.02 Å². The van der Waals surface area contributed by atoms with E-state index in [0.29, 0.717) is 31.6 Å². The summed E-state index contributed by atoms with van der Waals surface area (Å²) in [6, 6.07) is 4.63. The minimum absolute atomic E-state index is 0.0982. The van der Waals surface area contributed by atoms with Gasteiger partial charge in [0, 0.05) is 19.6 Å². The molecule has 0 amide bonds. The van der Waals surface area contributed by atoms with Crippen LogP contribution in [-0.2, 0) is 11.2 Å². The first-order chi connectivity index (χ1) is 8.15. The second kappa shape index (κ2) is 7.64. The fourth-order valence-corrected chi connectivity index (χ4v) is 1.73. The van der Waals surface area contributed by atoms with Gasteiger partial charge >= 0.3 is 0 Å². The molecule has 1 unspecified atom stereocenters. The summed E-state index contributed by atoms with van der Waals surface area (Å²) >= 11 is 5.80. The fourth-order valence-electron chi connectivity index (χ4n) is 1.53. The highest BCUT2D eigenvalue weighted by atomic mass is 35.5.